The molecule has 1 aromatic carbocycles. The van der Waals surface area contributed by atoms with Gasteiger partial charge in [0.1, 0.15) is 5.82 Å². The number of aromatic nitrogens is 4. The number of hydrogen-bond acceptors (Lipinski definition) is 6. The first-order valence-electron chi connectivity index (χ1n) is 10.4. The molecule has 158 valence electrons. The molecule has 4 rings (SSSR count). The molecule has 0 radical (unpaired) electrons. The van der Waals surface area contributed by atoms with E-state index in [0.29, 0.717) is 25.6 Å². The number of carbonyl (C=O) groups excluding carboxylic acids is 1. The fourth-order valence-corrected chi connectivity index (χ4v) is 4.07. The number of rotatable bonds is 7. The smallest absolute Gasteiger partial charge is 0.225 e. The van der Waals surface area contributed by atoms with Crippen LogP contribution < -0.4 is 10.2 Å². The Morgan fingerprint density at radius 2 is 2.07 bits per heavy atom. The zero-order valence-corrected chi connectivity index (χ0v) is 17.5. The Morgan fingerprint density at radius 1 is 1.27 bits per heavy atom. The predicted molar refractivity (Wildman–Crippen MR) is 115 cm³/mol. The highest BCUT2D eigenvalue weighted by Gasteiger charge is 2.29. The van der Waals surface area contributed by atoms with Crippen molar-refractivity contribution in [3.8, 4) is 0 Å². The molecule has 8 nitrogen and oxygen atoms in total. The van der Waals surface area contributed by atoms with Crippen molar-refractivity contribution in [3.63, 3.8) is 0 Å². The lowest BCUT2D eigenvalue weighted by Crippen LogP contribution is -2.44. The topological polar surface area (TPSA) is 85.2 Å². The van der Waals surface area contributed by atoms with Gasteiger partial charge in [0.2, 0.25) is 11.9 Å². The lowest BCUT2D eigenvalue weighted by molar-refractivity contribution is -0.126. The van der Waals surface area contributed by atoms with Gasteiger partial charge < -0.3 is 19.5 Å². The van der Waals surface area contributed by atoms with E-state index >= 15 is 0 Å². The summed E-state index contributed by atoms with van der Waals surface area (Å²) < 4.78 is 7.41. The third-order valence-corrected chi connectivity index (χ3v) is 5.58. The van der Waals surface area contributed by atoms with Gasteiger partial charge in [0, 0.05) is 39.1 Å². The van der Waals surface area contributed by atoms with E-state index in [1.807, 2.05) is 25.1 Å². The van der Waals surface area contributed by atoms with Crippen LogP contribution in [0.25, 0.3) is 11.0 Å². The van der Waals surface area contributed by atoms with E-state index < -0.39 is 0 Å². The zero-order chi connectivity index (χ0) is 20.9. The van der Waals surface area contributed by atoms with Crippen LogP contribution >= 0.6 is 0 Å². The van der Waals surface area contributed by atoms with Crippen LogP contribution in [-0.2, 0) is 16.1 Å². The van der Waals surface area contributed by atoms with Crippen molar-refractivity contribution >= 4 is 22.9 Å². The molecule has 0 bridgehead atoms. The van der Waals surface area contributed by atoms with Crippen molar-refractivity contribution < 1.29 is 9.53 Å². The number of piperidine rings is 1. The molecule has 2 aromatic heterocycles. The number of carbonyl (C=O) groups is 1. The molecular formula is C22H28N6O2. The summed E-state index contributed by atoms with van der Waals surface area (Å²) in [5.41, 5.74) is 1.98. The average molecular weight is 409 g/mol. The number of nitrogens with zero attached hydrogens (tertiary/aromatic N) is 5. The first kappa shape index (κ1) is 20.3. The summed E-state index contributed by atoms with van der Waals surface area (Å²) >= 11 is 0. The van der Waals surface area contributed by atoms with Crippen molar-refractivity contribution in [1.29, 1.82) is 0 Å². The number of methoxy groups -OCH3 is 1. The van der Waals surface area contributed by atoms with Gasteiger partial charge in [0.15, 0.2) is 0 Å². The monoisotopic (exact) mass is 408 g/mol. The first-order chi connectivity index (χ1) is 14.7. The van der Waals surface area contributed by atoms with Gasteiger partial charge in [-0.2, -0.15) is 0 Å². The number of nitrogens with one attached hydrogen (secondary N) is 1. The quantitative estimate of drug-likeness (QED) is 0.647. The van der Waals surface area contributed by atoms with Gasteiger partial charge in [0.25, 0.3) is 0 Å². The largest absolute Gasteiger partial charge is 0.383 e. The molecule has 1 aliphatic rings. The van der Waals surface area contributed by atoms with Gasteiger partial charge >= 0.3 is 0 Å². The van der Waals surface area contributed by atoms with Crippen molar-refractivity contribution in [2.24, 2.45) is 5.92 Å². The van der Waals surface area contributed by atoms with Crippen molar-refractivity contribution in [2.75, 3.05) is 31.7 Å². The summed E-state index contributed by atoms with van der Waals surface area (Å²) in [6.45, 7) is 4.76. The van der Waals surface area contributed by atoms with E-state index in [4.69, 9.17) is 9.72 Å². The standard InChI is InChI=1S/C22H28N6O2/c1-16(20-26-18-8-3-4-9-19(18)28(20)13-14-30-2)25-21(29)17-7-5-12-27(15-17)22-23-10-6-11-24-22/h3-4,6,8-11,16-17H,5,7,12-15H2,1-2H3,(H,25,29)/t16-,17-/m0/s1. The molecule has 1 fully saturated rings. The van der Waals surface area contributed by atoms with Crippen molar-refractivity contribution in [1.82, 2.24) is 24.8 Å². The lowest BCUT2D eigenvalue weighted by Gasteiger charge is -2.32. The molecule has 1 saturated heterocycles. The van der Waals surface area contributed by atoms with E-state index in [1.54, 1.807) is 25.6 Å². The maximum atomic E-state index is 13.1. The number of benzene rings is 1. The average Bonchev–Trinajstić information content (AvgIpc) is 3.17. The Hall–Kier alpha value is -3.00. The van der Waals surface area contributed by atoms with Gasteiger partial charge in [-0.05, 0) is 38.0 Å². The minimum Gasteiger partial charge on any atom is -0.383 e. The fraction of sp³-hybridized carbons (Fsp3) is 0.455. The summed E-state index contributed by atoms with van der Waals surface area (Å²) in [6.07, 6.45) is 5.27. The maximum absolute atomic E-state index is 13.1. The summed E-state index contributed by atoms with van der Waals surface area (Å²) in [5, 5.41) is 3.19. The highest BCUT2D eigenvalue weighted by Crippen LogP contribution is 2.23. The minimum atomic E-state index is -0.204. The number of hydrogen-bond donors (Lipinski definition) is 1. The molecule has 3 heterocycles. The number of para-hydroxylation sites is 2. The van der Waals surface area contributed by atoms with Crippen molar-refractivity contribution in [3.05, 3.63) is 48.5 Å². The van der Waals surface area contributed by atoms with E-state index in [9.17, 15) is 4.79 Å². The SMILES string of the molecule is COCCn1c([C@H](C)NC(=O)[C@H]2CCCN(c3ncccn3)C2)nc2ccccc21. The highest BCUT2D eigenvalue weighted by molar-refractivity contribution is 5.80. The number of fused-ring (bicyclic) bond motifs is 1. The fourth-order valence-electron chi connectivity index (χ4n) is 4.07. The van der Waals surface area contributed by atoms with Crippen LogP contribution in [0.4, 0.5) is 5.95 Å². The normalized spacial score (nSPS) is 17.8. The molecule has 1 amide bonds. The lowest BCUT2D eigenvalue weighted by atomic mass is 9.97. The van der Waals surface area contributed by atoms with Crippen LogP contribution in [-0.4, -0.2) is 52.2 Å². The molecule has 0 aliphatic carbocycles. The van der Waals surface area contributed by atoms with E-state index in [-0.39, 0.29) is 17.9 Å². The summed E-state index contributed by atoms with van der Waals surface area (Å²) in [5.74, 6) is 1.49. The molecule has 8 heteroatoms. The molecule has 3 aromatic rings. The van der Waals surface area contributed by atoms with E-state index in [2.05, 4.69) is 30.8 Å². The second-order valence-corrected chi connectivity index (χ2v) is 7.67. The second kappa shape index (κ2) is 9.21. The van der Waals surface area contributed by atoms with Gasteiger partial charge in [-0.1, -0.05) is 12.1 Å². The predicted octanol–water partition coefficient (Wildman–Crippen LogP) is 2.57. The number of anilines is 1. The van der Waals surface area contributed by atoms with Gasteiger partial charge in [-0.15, -0.1) is 0 Å². The van der Waals surface area contributed by atoms with Crippen LogP contribution in [0.3, 0.4) is 0 Å². The van der Waals surface area contributed by atoms with Crippen LogP contribution in [0.5, 0.6) is 0 Å². The Labute approximate surface area is 176 Å². The molecule has 2 atom stereocenters. The number of ether oxygens (including phenoxy) is 1. The third-order valence-electron chi connectivity index (χ3n) is 5.58. The second-order valence-electron chi connectivity index (χ2n) is 7.67. The van der Waals surface area contributed by atoms with Gasteiger partial charge in [-0.25, -0.2) is 15.0 Å². The molecule has 0 unspecified atom stereocenters. The molecule has 0 saturated carbocycles. The molecule has 1 aliphatic heterocycles. The van der Waals surface area contributed by atoms with Crippen LogP contribution in [0.1, 0.15) is 31.6 Å². The van der Waals surface area contributed by atoms with E-state index in [1.165, 1.54) is 0 Å². The van der Waals surface area contributed by atoms with Crippen LogP contribution in [0.2, 0.25) is 0 Å². The molecule has 30 heavy (non-hydrogen) atoms. The van der Waals surface area contributed by atoms with Crippen molar-refractivity contribution in [2.45, 2.75) is 32.4 Å². The summed E-state index contributed by atoms with van der Waals surface area (Å²) in [4.78, 5) is 28.6. The highest BCUT2D eigenvalue weighted by atomic mass is 16.5. The molecular weight excluding hydrogens is 380 g/mol. The Balaban J connectivity index is 1.48. The maximum Gasteiger partial charge on any atom is 0.225 e. The number of amides is 1. The zero-order valence-electron chi connectivity index (χ0n) is 17.5. The van der Waals surface area contributed by atoms with Gasteiger partial charge in [0.05, 0.1) is 29.6 Å². The Bertz CT molecular complexity index is 990. The first-order valence-corrected chi connectivity index (χ1v) is 10.4. The minimum absolute atomic E-state index is 0.0495. The van der Waals surface area contributed by atoms with E-state index in [0.717, 1.165) is 36.2 Å². The number of imidazole rings is 1. The summed E-state index contributed by atoms with van der Waals surface area (Å²) in [7, 11) is 1.69. The molecule has 0 spiro atoms. The third kappa shape index (κ3) is 4.28. The Kier molecular flexibility index (Phi) is 6.23. The Morgan fingerprint density at radius 3 is 2.87 bits per heavy atom. The molecule has 1 N–H and O–H groups in total. The van der Waals surface area contributed by atoms with Crippen LogP contribution in [0.15, 0.2) is 42.7 Å². The van der Waals surface area contributed by atoms with Crippen LogP contribution in [0, 0.1) is 5.92 Å². The summed E-state index contributed by atoms with van der Waals surface area (Å²) in [6, 6.07) is 9.62. The van der Waals surface area contributed by atoms with Gasteiger partial charge in [-0.3, -0.25) is 4.79 Å².